The molecule has 3 rings (SSSR count). The summed E-state index contributed by atoms with van der Waals surface area (Å²) in [5, 5.41) is 17.9. The van der Waals surface area contributed by atoms with E-state index in [1.807, 2.05) is 48.7 Å². The van der Waals surface area contributed by atoms with Crippen LogP contribution < -0.4 is 5.32 Å². The number of nitrogens with one attached hydrogen (secondary N) is 1. The maximum atomic E-state index is 12.3. The Morgan fingerprint density at radius 1 is 1.25 bits per heavy atom. The predicted octanol–water partition coefficient (Wildman–Crippen LogP) is 3.76. The number of aromatic nitrogens is 2. The van der Waals surface area contributed by atoms with Crippen molar-refractivity contribution in [2.45, 2.75) is 38.6 Å². The van der Waals surface area contributed by atoms with Crippen molar-refractivity contribution in [2.75, 3.05) is 0 Å². The first-order valence-electron chi connectivity index (χ1n) is 8.96. The fourth-order valence-electron chi connectivity index (χ4n) is 2.92. The quantitative estimate of drug-likeness (QED) is 0.567. The van der Waals surface area contributed by atoms with Crippen molar-refractivity contribution < 1.29 is 19.2 Å². The number of hydrogen-bond donors (Lipinski definition) is 2. The number of thiophene rings is 1. The van der Waals surface area contributed by atoms with Gasteiger partial charge in [-0.3, -0.25) is 9.59 Å². The Morgan fingerprint density at radius 2 is 2.07 bits per heavy atom. The van der Waals surface area contributed by atoms with Gasteiger partial charge in [-0.25, -0.2) is 0 Å². The van der Waals surface area contributed by atoms with Crippen molar-refractivity contribution in [3.8, 4) is 10.7 Å². The van der Waals surface area contributed by atoms with E-state index >= 15 is 0 Å². The summed E-state index contributed by atoms with van der Waals surface area (Å²) in [6.07, 6.45) is 1.11. The van der Waals surface area contributed by atoms with E-state index < -0.39 is 12.0 Å². The lowest BCUT2D eigenvalue weighted by atomic mass is 9.98. The predicted molar refractivity (Wildman–Crippen MR) is 105 cm³/mol. The lowest BCUT2D eigenvalue weighted by Crippen LogP contribution is -2.30. The van der Waals surface area contributed by atoms with E-state index in [1.165, 1.54) is 11.3 Å². The van der Waals surface area contributed by atoms with Gasteiger partial charge in [0.1, 0.15) is 0 Å². The highest BCUT2D eigenvalue weighted by Crippen LogP contribution is 2.22. The third-order valence-electron chi connectivity index (χ3n) is 4.28. The van der Waals surface area contributed by atoms with Crippen LogP contribution in [0.4, 0.5) is 0 Å². The molecule has 1 unspecified atom stereocenters. The third kappa shape index (κ3) is 5.26. The van der Waals surface area contributed by atoms with Crippen LogP contribution in [0, 0.1) is 6.92 Å². The lowest BCUT2D eigenvalue weighted by molar-refractivity contribution is -0.137. The molecule has 28 heavy (non-hydrogen) atoms. The Labute approximate surface area is 166 Å². The van der Waals surface area contributed by atoms with Gasteiger partial charge in [0, 0.05) is 12.8 Å². The first kappa shape index (κ1) is 19.8. The number of carbonyl (C=O) groups is 2. The fourth-order valence-corrected chi connectivity index (χ4v) is 3.57. The number of benzene rings is 1. The summed E-state index contributed by atoms with van der Waals surface area (Å²) in [6, 6.07) is 10.7. The number of amides is 1. The van der Waals surface area contributed by atoms with Crippen LogP contribution in [0.3, 0.4) is 0 Å². The van der Waals surface area contributed by atoms with E-state index in [1.54, 1.807) is 0 Å². The molecule has 2 aromatic heterocycles. The molecule has 3 aromatic rings. The molecule has 7 nitrogen and oxygen atoms in total. The topological polar surface area (TPSA) is 105 Å². The molecule has 0 radical (unpaired) electrons. The zero-order chi connectivity index (χ0) is 19.9. The second-order valence-corrected chi connectivity index (χ2v) is 7.36. The molecule has 0 aliphatic heterocycles. The molecule has 0 fully saturated rings. The van der Waals surface area contributed by atoms with Gasteiger partial charge in [-0.1, -0.05) is 35.5 Å². The number of aliphatic carboxylic acids is 1. The van der Waals surface area contributed by atoms with E-state index in [-0.39, 0.29) is 18.7 Å². The number of hydrogen-bond acceptors (Lipinski definition) is 6. The Morgan fingerprint density at radius 3 is 2.79 bits per heavy atom. The number of carboxylic acid groups (broad SMARTS) is 1. The van der Waals surface area contributed by atoms with Crippen LogP contribution in [0.1, 0.15) is 42.3 Å². The smallest absolute Gasteiger partial charge is 0.305 e. The van der Waals surface area contributed by atoms with Gasteiger partial charge >= 0.3 is 5.97 Å². The summed E-state index contributed by atoms with van der Waals surface area (Å²) in [4.78, 5) is 28.8. The molecule has 0 saturated carbocycles. The van der Waals surface area contributed by atoms with Crippen LogP contribution in [-0.2, 0) is 16.0 Å². The zero-order valence-corrected chi connectivity index (χ0v) is 16.2. The van der Waals surface area contributed by atoms with E-state index in [0.29, 0.717) is 24.6 Å². The van der Waals surface area contributed by atoms with Gasteiger partial charge in [-0.15, -0.1) is 11.3 Å². The molecule has 8 heteroatoms. The summed E-state index contributed by atoms with van der Waals surface area (Å²) >= 11 is 1.53. The Hall–Kier alpha value is -3.00. The minimum atomic E-state index is -0.958. The molecule has 0 aliphatic rings. The summed E-state index contributed by atoms with van der Waals surface area (Å²) in [7, 11) is 0. The largest absolute Gasteiger partial charge is 0.481 e. The summed E-state index contributed by atoms with van der Waals surface area (Å²) < 4.78 is 5.23. The average molecular weight is 399 g/mol. The molecular weight excluding hydrogens is 378 g/mol. The molecule has 2 N–H and O–H groups in total. The van der Waals surface area contributed by atoms with Crippen LogP contribution in [0.15, 0.2) is 46.3 Å². The van der Waals surface area contributed by atoms with Crippen LogP contribution in [0.5, 0.6) is 0 Å². The SMILES string of the molecule is Cc1ccccc1C(CC(=O)O)NC(=O)CCCc1nc(-c2cccs2)no1. The summed E-state index contributed by atoms with van der Waals surface area (Å²) in [5.41, 5.74) is 1.76. The van der Waals surface area contributed by atoms with Crippen molar-refractivity contribution in [3.63, 3.8) is 0 Å². The van der Waals surface area contributed by atoms with Gasteiger partial charge in [0.2, 0.25) is 17.6 Å². The van der Waals surface area contributed by atoms with Gasteiger partial charge in [-0.2, -0.15) is 4.98 Å². The third-order valence-corrected chi connectivity index (χ3v) is 5.15. The van der Waals surface area contributed by atoms with Crippen molar-refractivity contribution >= 4 is 23.2 Å². The van der Waals surface area contributed by atoms with Crippen molar-refractivity contribution in [1.82, 2.24) is 15.5 Å². The Balaban J connectivity index is 1.53. The van der Waals surface area contributed by atoms with Crippen LogP contribution in [0.25, 0.3) is 10.7 Å². The van der Waals surface area contributed by atoms with Crippen LogP contribution >= 0.6 is 11.3 Å². The van der Waals surface area contributed by atoms with E-state index in [2.05, 4.69) is 15.5 Å². The Bertz CT molecular complexity index is 937. The summed E-state index contributed by atoms with van der Waals surface area (Å²) in [6.45, 7) is 1.90. The molecule has 1 amide bonds. The van der Waals surface area contributed by atoms with Crippen LogP contribution in [-0.4, -0.2) is 27.1 Å². The number of nitrogens with zero attached hydrogens (tertiary/aromatic N) is 2. The van der Waals surface area contributed by atoms with Gasteiger partial charge in [-0.05, 0) is 35.9 Å². The normalized spacial score (nSPS) is 11.9. The second-order valence-electron chi connectivity index (χ2n) is 6.42. The van der Waals surface area contributed by atoms with Gasteiger partial charge in [0.25, 0.3) is 0 Å². The molecule has 1 atom stereocenters. The van der Waals surface area contributed by atoms with Gasteiger partial charge in [0.15, 0.2) is 0 Å². The van der Waals surface area contributed by atoms with E-state index in [0.717, 1.165) is 16.0 Å². The van der Waals surface area contributed by atoms with E-state index in [9.17, 15) is 14.7 Å². The standard InChI is InChI=1S/C20H21N3O4S/c1-13-6-2-3-7-14(13)15(12-19(25)26)21-17(24)9-4-10-18-22-20(23-27-18)16-8-5-11-28-16/h2-3,5-8,11,15H,4,9-10,12H2,1H3,(H,21,24)(H,25,26). The molecule has 0 spiro atoms. The molecule has 0 bridgehead atoms. The highest BCUT2D eigenvalue weighted by molar-refractivity contribution is 7.13. The van der Waals surface area contributed by atoms with E-state index in [4.69, 9.17) is 4.52 Å². The van der Waals surface area contributed by atoms with Crippen molar-refractivity contribution in [3.05, 3.63) is 58.8 Å². The highest BCUT2D eigenvalue weighted by atomic mass is 32.1. The van der Waals surface area contributed by atoms with Gasteiger partial charge in [0.05, 0.1) is 17.3 Å². The monoisotopic (exact) mass is 399 g/mol. The highest BCUT2D eigenvalue weighted by Gasteiger charge is 2.19. The number of aryl methyl sites for hydroxylation is 2. The summed E-state index contributed by atoms with van der Waals surface area (Å²) in [5.74, 6) is -0.124. The molecule has 2 heterocycles. The first-order valence-corrected chi connectivity index (χ1v) is 9.84. The molecule has 0 aliphatic carbocycles. The molecular formula is C20H21N3O4S. The van der Waals surface area contributed by atoms with Crippen molar-refractivity contribution in [1.29, 1.82) is 0 Å². The lowest BCUT2D eigenvalue weighted by Gasteiger charge is -2.19. The van der Waals surface area contributed by atoms with Crippen LogP contribution in [0.2, 0.25) is 0 Å². The maximum Gasteiger partial charge on any atom is 0.305 e. The number of rotatable bonds is 9. The Kier molecular flexibility index (Phi) is 6.54. The maximum absolute atomic E-state index is 12.3. The minimum absolute atomic E-state index is 0.162. The van der Waals surface area contributed by atoms with Gasteiger partial charge < -0.3 is 14.9 Å². The number of carbonyl (C=O) groups excluding carboxylic acids is 1. The number of carboxylic acids is 1. The first-order chi connectivity index (χ1) is 13.5. The zero-order valence-electron chi connectivity index (χ0n) is 15.4. The fraction of sp³-hybridized carbons (Fsp3) is 0.300. The molecule has 1 aromatic carbocycles. The molecule has 0 saturated heterocycles. The minimum Gasteiger partial charge on any atom is -0.481 e. The average Bonchev–Trinajstić information content (AvgIpc) is 3.33. The van der Waals surface area contributed by atoms with Crippen molar-refractivity contribution in [2.24, 2.45) is 0 Å². The second kappa shape index (κ2) is 9.27. The molecule has 146 valence electrons.